The van der Waals surface area contributed by atoms with Crippen LogP contribution in [-0.2, 0) is 10.2 Å². The molecule has 1 aliphatic heterocycles. The predicted octanol–water partition coefficient (Wildman–Crippen LogP) is 2.86. The highest BCUT2D eigenvalue weighted by molar-refractivity contribution is 5.77. The molecule has 1 aromatic carbocycles. The molecule has 1 amide bonds. The molecular weight excluding hydrogens is 260 g/mol. The van der Waals surface area contributed by atoms with E-state index in [0.29, 0.717) is 6.42 Å². The third-order valence-corrected chi connectivity index (χ3v) is 4.43. The van der Waals surface area contributed by atoms with Crippen molar-refractivity contribution in [2.75, 3.05) is 19.6 Å². The first kappa shape index (κ1) is 16.0. The van der Waals surface area contributed by atoms with Gasteiger partial charge in [0.05, 0.1) is 0 Å². The van der Waals surface area contributed by atoms with Crippen LogP contribution >= 0.6 is 0 Å². The molecule has 0 aromatic heterocycles. The normalized spacial score (nSPS) is 19.2. The number of amides is 1. The van der Waals surface area contributed by atoms with E-state index in [1.165, 1.54) is 18.4 Å². The van der Waals surface area contributed by atoms with Crippen LogP contribution < -0.4 is 10.6 Å². The topological polar surface area (TPSA) is 41.1 Å². The number of carbonyl (C=O) groups is 1. The summed E-state index contributed by atoms with van der Waals surface area (Å²) in [4.78, 5) is 12.1. The van der Waals surface area contributed by atoms with E-state index in [0.717, 1.165) is 32.0 Å². The number of hydrogen-bond donors (Lipinski definition) is 2. The van der Waals surface area contributed by atoms with E-state index >= 15 is 0 Å². The van der Waals surface area contributed by atoms with Gasteiger partial charge in [0, 0.05) is 13.0 Å². The highest BCUT2D eigenvalue weighted by Gasteiger charge is 2.24. The molecule has 21 heavy (non-hydrogen) atoms. The van der Waals surface area contributed by atoms with E-state index in [9.17, 15) is 4.79 Å². The number of benzene rings is 1. The van der Waals surface area contributed by atoms with Gasteiger partial charge in [-0.3, -0.25) is 4.79 Å². The smallest absolute Gasteiger partial charge is 0.220 e. The summed E-state index contributed by atoms with van der Waals surface area (Å²) >= 11 is 0. The summed E-state index contributed by atoms with van der Waals surface area (Å²) in [5.41, 5.74) is 1.11. The van der Waals surface area contributed by atoms with Crippen LogP contribution in [0.5, 0.6) is 0 Å². The number of carbonyl (C=O) groups excluding carboxylic acids is 1. The Morgan fingerprint density at radius 1 is 1.33 bits per heavy atom. The van der Waals surface area contributed by atoms with Crippen molar-refractivity contribution in [3.8, 4) is 0 Å². The monoisotopic (exact) mass is 288 g/mol. The lowest BCUT2D eigenvalue weighted by atomic mass is 9.81. The van der Waals surface area contributed by atoms with Gasteiger partial charge in [-0.15, -0.1) is 0 Å². The SMILES string of the molecule is CC(C)(CC(=O)NCCC1CCCNC1)c1ccccc1. The summed E-state index contributed by atoms with van der Waals surface area (Å²) in [5, 5.41) is 6.51. The standard InChI is InChI=1S/C18H28N2O/c1-18(2,16-8-4-3-5-9-16)13-17(21)20-12-10-15-7-6-11-19-14-15/h3-5,8-9,15,19H,6-7,10-14H2,1-2H3,(H,20,21). The summed E-state index contributed by atoms with van der Waals surface area (Å²) in [7, 11) is 0. The van der Waals surface area contributed by atoms with Gasteiger partial charge in [-0.1, -0.05) is 44.2 Å². The molecule has 3 heteroatoms. The van der Waals surface area contributed by atoms with Crippen molar-refractivity contribution < 1.29 is 4.79 Å². The summed E-state index contributed by atoms with van der Waals surface area (Å²) in [5.74, 6) is 0.883. The molecule has 1 saturated heterocycles. The molecule has 116 valence electrons. The van der Waals surface area contributed by atoms with Gasteiger partial charge < -0.3 is 10.6 Å². The Morgan fingerprint density at radius 3 is 2.76 bits per heavy atom. The van der Waals surface area contributed by atoms with Crippen molar-refractivity contribution in [2.24, 2.45) is 5.92 Å². The van der Waals surface area contributed by atoms with Gasteiger partial charge in [-0.25, -0.2) is 0 Å². The maximum absolute atomic E-state index is 12.1. The Kier molecular flexibility index (Phi) is 5.80. The molecule has 1 atom stereocenters. The fraction of sp³-hybridized carbons (Fsp3) is 0.611. The van der Waals surface area contributed by atoms with Crippen molar-refractivity contribution >= 4 is 5.91 Å². The minimum absolute atomic E-state index is 0.113. The van der Waals surface area contributed by atoms with Gasteiger partial charge in [0.1, 0.15) is 0 Å². The molecule has 0 spiro atoms. The molecule has 3 nitrogen and oxygen atoms in total. The summed E-state index contributed by atoms with van der Waals surface area (Å²) in [6.07, 6.45) is 4.18. The molecule has 1 unspecified atom stereocenters. The Morgan fingerprint density at radius 2 is 2.10 bits per heavy atom. The number of piperidine rings is 1. The van der Waals surface area contributed by atoms with Gasteiger partial charge in [-0.05, 0) is 49.2 Å². The lowest BCUT2D eigenvalue weighted by molar-refractivity contribution is -0.122. The first-order chi connectivity index (χ1) is 10.1. The van der Waals surface area contributed by atoms with E-state index in [1.54, 1.807) is 0 Å². The second-order valence-electron chi connectivity index (χ2n) is 6.78. The van der Waals surface area contributed by atoms with Gasteiger partial charge in [0.2, 0.25) is 5.91 Å². The van der Waals surface area contributed by atoms with E-state index in [-0.39, 0.29) is 11.3 Å². The molecule has 2 N–H and O–H groups in total. The van der Waals surface area contributed by atoms with Crippen LogP contribution in [0.4, 0.5) is 0 Å². The molecule has 1 heterocycles. The van der Waals surface area contributed by atoms with Crippen LogP contribution in [-0.4, -0.2) is 25.5 Å². The van der Waals surface area contributed by atoms with Gasteiger partial charge in [0.25, 0.3) is 0 Å². The quantitative estimate of drug-likeness (QED) is 0.845. The first-order valence-corrected chi connectivity index (χ1v) is 8.11. The van der Waals surface area contributed by atoms with Gasteiger partial charge in [0.15, 0.2) is 0 Å². The fourth-order valence-corrected chi connectivity index (χ4v) is 3.04. The zero-order chi connectivity index (χ0) is 15.1. The minimum Gasteiger partial charge on any atom is -0.356 e. The van der Waals surface area contributed by atoms with Crippen LogP contribution in [0.15, 0.2) is 30.3 Å². The predicted molar refractivity (Wildman–Crippen MR) is 87.3 cm³/mol. The molecular formula is C18H28N2O. The lowest BCUT2D eigenvalue weighted by Gasteiger charge is -2.25. The number of hydrogen-bond acceptors (Lipinski definition) is 2. The molecule has 1 aliphatic rings. The Bertz CT molecular complexity index is 436. The third kappa shape index (κ3) is 5.16. The third-order valence-electron chi connectivity index (χ3n) is 4.43. The first-order valence-electron chi connectivity index (χ1n) is 8.11. The zero-order valence-electron chi connectivity index (χ0n) is 13.3. The maximum Gasteiger partial charge on any atom is 0.220 e. The van der Waals surface area contributed by atoms with E-state index in [2.05, 4.69) is 36.6 Å². The molecule has 0 aliphatic carbocycles. The van der Waals surface area contributed by atoms with Crippen molar-refractivity contribution in [3.05, 3.63) is 35.9 Å². The molecule has 1 fully saturated rings. The Hall–Kier alpha value is -1.35. The maximum atomic E-state index is 12.1. The van der Waals surface area contributed by atoms with Crippen LogP contribution in [0.1, 0.15) is 45.1 Å². The van der Waals surface area contributed by atoms with Crippen molar-refractivity contribution in [3.63, 3.8) is 0 Å². The molecule has 1 aromatic rings. The van der Waals surface area contributed by atoms with Crippen molar-refractivity contribution in [2.45, 2.75) is 44.9 Å². The van der Waals surface area contributed by atoms with E-state index in [4.69, 9.17) is 0 Å². The van der Waals surface area contributed by atoms with Crippen LogP contribution in [0.2, 0.25) is 0 Å². The van der Waals surface area contributed by atoms with Gasteiger partial charge in [-0.2, -0.15) is 0 Å². The fourth-order valence-electron chi connectivity index (χ4n) is 3.04. The summed E-state index contributed by atoms with van der Waals surface area (Å²) < 4.78 is 0. The van der Waals surface area contributed by atoms with E-state index < -0.39 is 0 Å². The van der Waals surface area contributed by atoms with Gasteiger partial charge >= 0.3 is 0 Å². The summed E-state index contributed by atoms with van der Waals surface area (Å²) in [6.45, 7) is 7.31. The molecule has 0 radical (unpaired) electrons. The van der Waals surface area contributed by atoms with Crippen LogP contribution in [0.3, 0.4) is 0 Å². The van der Waals surface area contributed by atoms with Crippen molar-refractivity contribution in [1.82, 2.24) is 10.6 Å². The molecule has 2 rings (SSSR count). The molecule has 0 bridgehead atoms. The zero-order valence-corrected chi connectivity index (χ0v) is 13.3. The second kappa shape index (κ2) is 7.60. The molecule has 0 saturated carbocycles. The van der Waals surface area contributed by atoms with Crippen LogP contribution in [0.25, 0.3) is 0 Å². The number of rotatable bonds is 6. The van der Waals surface area contributed by atoms with E-state index in [1.807, 2.05) is 18.2 Å². The van der Waals surface area contributed by atoms with Crippen LogP contribution in [0, 0.1) is 5.92 Å². The Labute approximate surface area is 128 Å². The highest BCUT2D eigenvalue weighted by atomic mass is 16.1. The summed E-state index contributed by atoms with van der Waals surface area (Å²) in [6, 6.07) is 10.3. The average Bonchev–Trinajstić information content (AvgIpc) is 2.49. The second-order valence-corrected chi connectivity index (χ2v) is 6.78. The highest BCUT2D eigenvalue weighted by Crippen LogP contribution is 2.26. The largest absolute Gasteiger partial charge is 0.356 e. The number of nitrogens with one attached hydrogen (secondary N) is 2. The average molecular weight is 288 g/mol. The lowest BCUT2D eigenvalue weighted by Crippen LogP contribution is -2.35. The minimum atomic E-state index is -0.113. The van der Waals surface area contributed by atoms with Crippen molar-refractivity contribution in [1.29, 1.82) is 0 Å². The Balaban J connectivity index is 1.73.